The summed E-state index contributed by atoms with van der Waals surface area (Å²) in [6, 6.07) is 0. The van der Waals surface area contributed by atoms with Gasteiger partial charge in [0.05, 0.1) is 34.2 Å². The Labute approximate surface area is 305 Å². The second-order valence-corrected chi connectivity index (χ2v) is 15.0. The molecule has 0 radical (unpaired) electrons. The molecule has 0 aromatic rings. The van der Waals surface area contributed by atoms with Crippen LogP contribution in [0.25, 0.3) is 0 Å². The number of likely N-dealkylation sites (N-methyl/N-ethyl adjacent to an activating group) is 1. The molecule has 2 atom stereocenters. The van der Waals surface area contributed by atoms with E-state index in [1.807, 2.05) is 33.3 Å². The van der Waals surface area contributed by atoms with Gasteiger partial charge < -0.3 is 27.9 Å². The summed E-state index contributed by atoms with van der Waals surface area (Å²) >= 11 is 0. The van der Waals surface area contributed by atoms with Crippen molar-refractivity contribution in [2.24, 2.45) is 0 Å². The third-order valence-electron chi connectivity index (χ3n) is 7.59. The van der Waals surface area contributed by atoms with Crippen molar-refractivity contribution >= 4 is 19.8 Å². The van der Waals surface area contributed by atoms with E-state index in [1.165, 1.54) is 51.4 Å². The predicted octanol–water partition coefficient (Wildman–Crippen LogP) is 9.49. The molecular weight excluding hydrogens is 653 g/mol. The Kier molecular flexibility index (Phi) is 31.1. The SMILES string of the molecule is CC/C=C\C/C=C\C/C=C\C/C=C\C/C=C\CC(=O)OC(COC(=O)CCCCCCCCCCCCC)COP(=O)([O-])OCC[N+](C)(C)C. The molecular formula is C40H70NO8P. The van der Waals surface area contributed by atoms with Gasteiger partial charge in [0.2, 0.25) is 0 Å². The molecule has 0 aliphatic rings. The number of phosphoric acid groups is 1. The molecule has 0 aromatic carbocycles. The molecule has 0 saturated carbocycles. The number of allylic oxidation sites excluding steroid dienone is 9. The molecule has 0 aliphatic carbocycles. The Balaban J connectivity index is 4.61. The van der Waals surface area contributed by atoms with Crippen LogP contribution < -0.4 is 4.89 Å². The standard InChI is InChI=1S/C40H70NO8P/c1-6-8-10-12-14-16-18-19-20-21-23-25-27-29-31-33-40(43)49-38(37-48-50(44,45)47-35-34-41(3,4)5)36-46-39(42)32-30-28-26-24-22-17-15-13-11-9-7-2/h8,10,14,16,19-20,23,25,29,31,38H,6-7,9,11-13,15,17-18,21-22,24,26-28,30,32-37H2,1-5H3/b10-8-,16-14-,20-19-,25-23-,31-29-. The fraction of sp³-hybridized carbons (Fsp3) is 0.700. The minimum absolute atomic E-state index is 0.00819. The molecule has 0 heterocycles. The van der Waals surface area contributed by atoms with Crippen LogP contribution in [0.5, 0.6) is 0 Å². The number of esters is 2. The van der Waals surface area contributed by atoms with Gasteiger partial charge in [0, 0.05) is 6.42 Å². The van der Waals surface area contributed by atoms with Crippen LogP contribution in [0.15, 0.2) is 60.8 Å². The van der Waals surface area contributed by atoms with Crippen LogP contribution in [0.2, 0.25) is 0 Å². The first-order chi connectivity index (χ1) is 24.0. The number of hydrogen-bond donors (Lipinski definition) is 0. The van der Waals surface area contributed by atoms with E-state index < -0.39 is 32.5 Å². The van der Waals surface area contributed by atoms with Gasteiger partial charge in [-0.25, -0.2) is 0 Å². The number of phosphoric ester groups is 1. The zero-order valence-corrected chi connectivity index (χ0v) is 33.0. The van der Waals surface area contributed by atoms with Gasteiger partial charge in [0.15, 0.2) is 6.10 Å². The fourth-order valence-electron chi connectivity index (χ4n) is 4.61. The first-order valence-electron chi connectivity index (χ1n) is 19.0. The van der Waals surface area contributed by atoms with Gasteiger partial charge in [-0.1, -0.05) is 139 Å². The van der Waals surface area contributed by atoms with E-state index in [0.717, 1.165) is 44.9 Å². The van der Waals surface area contributed by atoms with E-state index in [2.05, 4.69) is 56.4 Å². The van der Waals surface area contributed by atoms with Crippen LogP contribution in [0.4, 0.5) is 0 Å². The summed E-state index contributed by atoms with van der Waals surface area (Å²) in [5.41, 5.74) is 0. The summed E-state index contributed by atoms with van der Waals surface area (Å²) in [7, 11) is 1.10. The molecule has 288 valence electrons. The highest BCUT2D eigenvalue weighted by Gasteiger charge is 2.21. The van der Waals surface area contributed by atoms with Crippen LogP contribution in [-0.2, 0) is 32.7 Å². The Morgan fingerprint density at radius 2 is 1.12 bits per heavy atom. The average molecular weight is 724 g/mol. The molecule has 0 aliphatic heterocycles. The maximum absolute atomic E-state index is 12.5. The minimum atomic E-state index is -4.64. The van der Waals surface area contributed by atoms with Crippen LogP contribution >= 0.6 is 7.82 Å². The van der Waals surface area contributed by atoms with Crippen LogP contribution in [-0.4, -0.2) is 70.0 Å². The predicted molar refractivity (Wildman–Crippen MR) is 203 cm³/mol. The monoisotopic (exact) mass is 723 g/mol. The smallest absolute Gasteiger partial charge is 0.310 e. The molecule has 2 unspecified atom stereocenters. The molecule has 0 amide bonds. The van der Waals surface area contributed by atoms with Crippen molar-refractivity contribution < 1.29 is 42.1 Å². The molecule has 0 aromatic heterocycles. The second kappa shape index (κ2) is 32.6. The summed E-state index contributed by atoms with van der Waals surface area (Å²) in [4.78, 5) is 37.2. The number of rotatable bonds is 33. The second-order valence-electron chi connectivity index (χ2n) is 13.6. The quantitative estimate of drug-likeness (QED) is 0.0217. The van der Waals surface area contributed by atoms with Gasteiger partial charge in [-0.15, -0.1) is 0 Å². The summed E-state index contributed by atoms with van der Waals surface area (Å²) < 4.78 is 33.6. The van der Waals surface area contributed by atoms with Gasteiger partial charge in [-0.3, -0.25) is 14.2 Å². The van der Waals surface area contributed by atoms with Gasteiger partial charge in [-0.05, 0) is 38.5 Å². The van der Waals surface area contributed by atoms with Crippen molar-refractivity contribution in [2.45, 2.75) is 136 Å². The topological polar surface area (TPSA) is 111 Å². The highest BCUT2D eigenvalue weighted by atomic mass is 31.2. The van der Waals surface area contributed by atoms with Crippen molar-refractivity contribution in [1.29, 1.82) is 0 Å². The van der Waals surface area contributed by atoms with Crippen LogP contribution in [0.3, 0.4) is 0 Å². The molecule has 9 nitrogen and oxygen atoms in total. The normalized spacial score (nSPS) is 14.4. The minimum Gasteiger partial charge on any atom is -0.756 e. The lowest BCUT2D eigenvalue weighted by atomic mass is 10.1. The van der Waals surface area contributed by atoms with Crippen molar-refractivity contribution in [2.75, 3.05) is 47.5 Å². The zero-order chi connectivity index (χ0) is 37.2. The molecule has 0 spiro atoms. The molecule has 0 fully saturated rings. The van der Waals surface area contributed by atoms with Crippen molar-refractivity contribution in [1.82, 2.24) is 0 Å². The molecule has 0 bridgehead atoms. The highest BCUT2D eigenvalue weighted by molar-refractivity contribution is 7.45. The lowest BCUT2D eigenvalue weighted by molar-refractivity contribution is -0.870. The summed E-state index contributed by atoms with van der Waals surface area (Å²) in [5, 5.41) is 0. The molecule has 50 heavy (non-hydrogen) atoms. The first kappa shape index (κ1) is 47.7. The van der Waals surface area contributed by atoms with Crippen LogP contribution in [0.1, 0.15) is 129 Å². The molecule has 0 saturated heterocycles. The number of hydrogen-bond acceptors (Lipinski definition) is 8. The van der Waals surface area contributed by atoms with Crippen molar-refractivity contribution in [3.05, 3.63) is 60.8 Å². The zero-order valence-electron chi connectivity index (χ0n) is 32.1. The summed E-state index contributed by atoms with van der Waals surface area (Å²) in [6.45, 7) is 3.96. The maximum atomic E-state index is 12.5. The van der Waals surface area contributed by atoms with Crippen molar-refractivity contribution in [3.8, 4) is 0 Å². The largest absolute Gasteiger partial charge is 0.756 e. The first-order valence-corrected chi connectivity index (χ1v) is 20.5. The Morgan fingerprint density at radius 1 is 0.640 bits per heavy atom. The molecule has 10 heteroatoms. The number of nitrogens with zero attached hydrogens (tertiary/aromatic N) is 1. The van der Waals surface area contributed by atoms with Gasteiger partial charge in [0.1, 0.15) is 19.8 Å². The van der Waals surface area contributed by atoms with Gasteiger partial charge in [0.25, 0.3) is 7.82 Å². The third kappa shape index (κ3) is 35.5. The Bertz CT molecular complexity index is 1040. The molecule has 0 N–H and O–H groups in total. The molecule has 0 rings (SSSR count). The number of quaternary nitrogens is 1. The van der Waals surface area contributed by atoms with Gasteiger partial charge >= 0.3 is 11.9 Å². The van der Waals surface area contributed by atoms with E-state index >= 15 is 0 Å². The summed E-state index contributed by atoms with van der Waals surface area (Å²) in [6.07, 6.45) is 37.1. The van der Waals surface area contributed by atoms with E-state index in [0.29, 0.717) is 17.4 Å². The number of carbonyl (C=O) groups excluding carboxylic acids is 2. The highest BCUT2D eigenvalue weighted by Crippen LogP contribution is 2.38. The maximum Gasteiger partial charge on any atom is 0.310 e. The number of ether oxygens (including phenoxy) is 2. The van der Waals surface area contributed by atoms with E-state index in [9.17, 15) is 19.0 Å². The average Bonchev–Trinajstić information content (AvgIpc) is 3.06. The summed E-state index contributed by atoms with van der Waals surface area (Å²) in [5.74, 6) is -0.989. The van der Waals surface area contributed by atoms with E-state index in [-0.39, 0.29) is 26.1 Å². The lowest BCUT2D eigenvalue weighted by Crippen LogP contribution is -2.37. The van der Waals surface area contributed by atoms with E-state index in [4.69, 9.17) is 18.5 Å². The van der Waals surface area contributed by atoms with Gasteiger partial charge in [-0.2, -0.15) is 0 Å². The van der Waals surface area contributed by atoms with Crippen LogP contribution in [0, 0.1) is 0 Å². The third-order valence-corrected chi connectivity index (χ3v) is 8.55. The number of carbonyl (C=O) groups is 2. The Hall–Kier alpha value is -2.29. The lowest BCUT2D eigenvalue weighted by Gasteiger charge is -2.28. The van der Waals surface area contributed by atoms with Crippen molar-refractivity contribution in [3.63, 3.8) is 0 Å². The Morgan fingerprint density at radius 3 is 1.62 bits per heavy atom. The fourth-order valence-corrected chi connectivity index (χ4v) is 5.34. The number of unbranched alkanes of at least 4 members (excludes halogenated alkanes) is 10. The van der Waals surface area contributed by atoms with E-state index in [1.54, 1.807) is 6.08 Å².